The average molecular weight is 379 g/mol. The van der Waals surface area contributed by atoms with Crippen molar-refractivity contribution in [2.24, 2.45) is 0 Å². The number of benzene rings is 1. The zero-order valence-electron chi connectivity index (χ0n) is 14.8. The highest BCUT2D eigenvalue weighted by Crippen LogP contribution is 2.27. The van der Waals surface area contributed by atoms with E-state index in [4.69, 9.17) is 13.9 Å². The number of carbonyl (C=O) groups excluding carboxylic acids is 1. The molecule has 3 rings (SSSR count). The Hall–Kier alpha value is -2.46. The molecule has 2 unspecified atom stereocenters. The molecule has 0 radical (unpaired) electrons. The molecule has 2 heterocycles. The maximum Gasteiger partial charge on any atom is 0.336 e. The summed E-state index contributed by atoms with van der Waals surface area (Å²) in [5, 5.41) is 32.9. The zero-order chi connectivity index (χ0) is 19.7. The molecule has 5 atom stereocenters. The summed E-state index contributed by atoms with van der Waals surface area (Å²) in [6.07, 6.45) is -5.08. The predicted octanol–water partition coefficient (Wildman–Crippen LogP) is -0.576. The Balaban J connectivity index is 1.91. The van der Waals surface area contributed by atoms with Crippen LogP contribution in [0.5, 0.6) is 5.75 Å². The number of fused-ring (bicyclic) bond motifs is 1. The third kappa shape index (κ3) is 3.96. The van der Waals surface area contributed by atoms with Gasteiger partial charge >= 0.3 is 5.63 Å². The zero-order valence-corrected chi connectivity index (χ0v) is 14.8. The fraction of sp³-hybridized carbons (Fsp3) is 0.444. The molecule has 1 aliphatic rings. The number of rotatable bonds is 4. The van der Waals surface area contributed by atoms with Crippen LogP contribution in [0.4, 0.5) is 0 Å². The maximum atomic E-state index is 11.6. The number of carbonyl (C=O) groups is 1. The minimum Gasteiger partial charge on any atom is -0.462 e. The van der Waals surface area contributed by atoms with Crippen LogP contribution in [0.25, 0.3) is 11.0 Å². The average Bonchev–Trinajstić information content (AvgIpc) is 2.60. The van der Waals surface area contributed by atoms with Gasteiger partial charge < -0.3 is 34.5 Å². The van der Waals surface area contributed by atoms with Crippen molar-refractivity contribution in [3.8, 4) is 5.75 Å². The SMILES string of the molecule is CC(=O)N[C@H]1C(Oc2ccc3c(C)cc(=O)oc3c2)O[C@H](CO)[C@H](O)C1O. The molecule has 1 saturated heterocycles. The molecule has 1 fully saturated rings. The molecular formula is C18H21NO8. The van der Waals surface area contributed by atoms with Crippen LogP contribution in [-0.4, -0.2) is 58.5 Å². The van der Waals surface area contributed by atoms with Gasteiger partial charge in [-0.2, -0.15) is 0 Å². The summed E-state index contributed by atoms with van der Waals surface area (Å²) in [5.41, 5.74) is 0.557. The Kier molecular flexibility index (Phi) is 5.47. The van der Waals surface area contributed by atoms with Crippen LogP contribution >= 0.6 is 0 Å². The molecule has 9 heteroatoms. The van der Waals surface area contributed by atoms with Crippen molar-refractivity contribution < 1.29 is 34.0 Å². The molecule has 0 spiro atoms. The normalized spacial score (nSPS) is 28.1. The summed E-state index contributed by atoms with van der Waals surface area (Å²) in [4.78, 5) is 23.0. The molecule has 0 bridgehead atoms. The van der Waals surface area contributed by atoms with E-state index in [0.717, 1.165) is 10.9 Å². The second-order valence-corrected chi connectivity index (χ2v) is 6.46. The first-order chi connectivity index (χ1) is 12.8. The Morgan fingerprint density at radius 1 is 1.26 bits per heavy atom. The molecule has 0 aliphatic carbocycles. The van der Waals surface area contributed by atoms with E-state index in [9.17, 15) is 24.9 Å². The van der Waals surface area contributed by atoms with Gasteiger partial charge in [-0.05, 0) is 24.6 Å². The van der Waals surface area contributed by atoms with Gasteiger partial charge in [0, 0.05) is 24.4 Å². The van der Waals surface area contributed by atoms with Crippen LogP contribution in [-0.2, 0) is 9.53 Å². The van der Waals surface area contributed by atoms with Gasteiger partial charge in [0.05, 0.1) is 6.61 Å². The van der Waals surface area contributed by atoms with Crippen LogP contribution in [0.15, 0.2) is 33.5 Å². The Bertz CT molecular complexity index is 895. The van der Waals surface area contributed by atoms with Crippen molar-refractivity contribution in [3.05, 3.63) is 40.2 Å². The van der Waals surface area contributed by atoms with E-state index < -0.39 is 48.8 Å². The summed E-state index contributed by atoms with van der Waals surface area (Å²) in [5.74, 6) is -0.192. The van der Waals surface area contributed by atoms with Crippen molar-refractivity contribution in [2.75, 3.05) is 6.61 Å². The summed E-state index contributed by atoms with van der Waals surface area (Å²) >= 11 is 0. The van der Waals surface area contributed by atoms with Crippen molar-refractivity contribution in [2.45, 2.75) is 44.5 Å². The molecule has 27 heavy (non-hydrogen) atoms. The molecule has 1 aliphatic heterocycles. The molecule has 1 aromatic carbocycles. The van der Waals surface area contributed by atoms with Crippen LogP contribution < -0.4 is 15.7 Å². The highest BCUT2D eigenvalue weighted by Gasteiger charge is 2.46. The predicted molar refractivity (Wildman–Crippen MR) is 93.2 cm³/mol. The van der Waals surface area contributed by atoms with E-state index in [1.165, 1.54) is 19.1 Å². The first-order valence-corrected chi connectivity index (χ1v) is 8.41. The molecule has 4 N–H and O–H groups in total. The standard InChI is InChI=1S/C18H21NO8/c1-8-5-14(22)26-12-6-10(3-4-11(8)12)25-18-15(19-9(2)21)17(24)16(23)13(7-20)27-18/h3-6,13,15-18,20,23-24H,7H2,1-2H3,(H,19,21)/t13-,15-,16+,17?,18?/m1/s1. The number of amides is 1. The lowest BCUT2D eigenvalue weighted by Gasteiger charge is -2.42. The van der Waals surface area contributed by atoms with Gasteiger partial charge in [0.1, 0.15) is 35.7 Å². The molecular weight excluding hydrogens is 358 g/mol. The van der Waals surface area contributed by atoms with Crippen LogP contribution in [0.2, 0.25) is 0 Å². The van der Waals surface area contributed by atoms with Crippen LogP contribution in [0.3, 0.4) is 0 Å². The summed E-state index contributed by atoms with van der Waals surface area (Å²) in [6, 6.07) is 5.12. The Labute approximate surface area is 154 Å². The maximum absolute atomic E-state index is 11.6. The van der Waals surface area contributed by atoms with E-state index in [2.05, 4.69) is 5.32 Å². The van der Waals surface area contributed by atoms with E-state index >= 15 is 0 Å². The quantitative estimate of drug-likeness (QED) is 0.518. The van der Waals surface area contributed by atoms with Gasteiger partial charge in [-0.3, -0.25) is 4.79 Å². The summed E-state index contributed by atoms with van der Waals surface area (Å²) in [7, 11) is 0. The van der Waals surface area contributed by atoms with Crippen molar-refractivity contribution in [1.29, 1.82) is 0 Å². The summed E-state index contributed by atoms with van der Waals surface area (Å²) < 4.78 is 16.4. The molecule has 0 saturated carbocycles. The van der Waals surface area contributed by atoms with Gasteiger partial charge in [-0.25, -0.2) is 4.79 Å². The number of aryl methyl sites for hydroxylation is 1. The van der Waals surface area contributed by atoms with Gasteiger partial charge in [0.25, 0.3) is 0 Å². The number of hydrogen-bond donors (Lipinski definition) is 4. The highest BCUT2D eigenvalue weighted by molar-refractivity contribution is 5.81. The molecule has 2 aromatic rings. The fourth-order valence-corrected chi connectivity index (χ4v) is 3.08. The Morgan fingerprint density at radius 3 is 2.67 bits per heavy atom. The van der Waals surface area contributed by atoms with E-state index in [1.807, 2.05) is 0 Å². The third-order valence-corrected chi connectivity index (χ3v) is 4.43. The molecule has 1 amide bonds. The van der Waals surface area contributed by atoms with Crippen molar-refractivity contribution in [3.63, 3.8) is 0 Å². The van der Waals surface area contributed by atoms with Gasteiger partial charge in [0.15, 0.2) is 0 Å². The van der Waals surface area contributed by atoms with Gasteiger partial charge in [-0.15, -0.1) is 0 Å². The fourth-order valence-electron chi connectivity index (χ4n) is 3.08. The third-order valence-electron chi connectivity index (χ3n) is 4.43. The minimum absolute atomic E-state index is 0.261. The van der Waals surface area contributed by atoms with Crippen LogP contribution in [0, 0.1) is 6.92 Å². The number of nitrogens with one attached hydrogen (secondary N) is 1. The number of aliphatic hydroxyl groups is 3. The number of hydrogen-bond acceptors (Lipinski definition) is 8. The van der Waals surface area contributed by atoms with Gasteiger partial charge in [0.2, 0.25) is 12.2 Å². The van der Waals surface area contributed by atoms with Crippen molar-refractivity contribution >= 4 is 16.9 Å². The summed E-state index contributed by atoms with van der Waals surface area (Å²) in [6.45, 7) is 2.48. The molecule has 9 nitrogen and oxygen atoms in total. The van der Waals surface area contributed by atoms with E-state index in [1.54, 1.807) is 19.1 Å². The van der Waals surface area contributed by atoms with Gasteiger partial charge in [-0.1, -0.05) is 0 Å². The number of aliphatic hydroxyl groups excluding tert-OH is 3. The van der Waals surface area contributed by atoms with E-state index in [0.29, 0.717) is 5.58 Å². The lowest BCUT2D eigenvalue weighted by atomic mass is 9.97. The number of ether oxygens (including phenoxy) is 2. The second-order valence-electron chi connectivity index (χ2n) is 6.46. The van der Waals surface area contributed by atoms with E-state index in [-0.39, 0.29) is 5.75 Å². The molecule has 146 valence electrons. The smallest absolute Gasteiger partial charge is 0.336 e. The topological polar surface area (TPSA) is 138 Å². The lowest BCUT2D eigenvalue weighted by Crippen LogP contribution is -2.65. The van der Waals surface area contributed by atoms with Crippen LogP contribution in [0.1, 0.15) is 12.5 Å². The monoisotopic (exact) mass is 379 g/mol. The second kappa shape index (κ2) is 7.65. The first-order valence-electron chi connectivity index (χ1n) is 8.41. The molecule has 1 aromatic heterocycles. The highest BCUT2D eigenvalue weighted by atomic mass is 16.7. The minimum atomic E-state index is -1.41. The Morgan fingerprint density at radius 2 is 2.00 bits per heavy atom. The largest absolute Gasteiger partial charge is 0.462 e. The lowest BCUT2D eigenvalue weighted by molar-refractivity contribution is -0.244. The first kappa shape index (κ1) is 19.3. The van der Waals surface area contributed by atoms with Crippen molar-refractivity contribution in [1.82, 2.24) is 5.32 Å².